The normalized spacial score (nSPS) is 37.5. The molecule has 11 heavy (non-hydrogen) atoms. The molecule has 0 saturated carbocycles. The van der Waals surface area contributed by atoms with Gasteiger partial charge in [0, 0.05) is 20.8 Å². The number of carbonyl (C=O) groups excluding carboxylic acids is 1. The van der Waals surface area contributed by atoms with E-state index in [1.807, 2.05) is 0 Å². The van der Waals surface area contributed by atoms with Crippen LogP contribution in [0.15, 0.2) is 0 Å². The Morgan fingerprint density at radius 1 is 1.91 bits per heavy atom. The number of Topliss-reactive ketones (excluding diaryl/α,β-unsaturated/α-hetero) is 1. The van der Waals surface area contributed by atoms with E-state index in [1.54, 1.807) is 6.92 Å². The Morgan fingerprint density at radius 3 is 2.91 bits per heavy atom. The highest BCUT2D eigenvalue weighted by Crippen LogP contribution is 2.23. The van der Waals surface area contributed by atoms with Crippen molar-refractivity contribution in [2.75, 3.05) is 6.54 Å². The molecule has 1 fully saturated rings. The largest absolute Gasteiger partial charge is 0.304 e. The van der Waals surface area contributed by atoms with Gasteiger partial charge in [0.1, 0.15) is 11.5 Å². The molecule has 66 valence electrons. The van der Waals surface area contributed by atoms with Gasteiger partial charge in [-0.25, -0.2) is 4.39 Å². The summed E-state index contributed by atoms with van der Waals surface area (Å²) in [4.78, 5) is 11.1. The van der Waals surface area contributed by atoms with Gasteiger partial charge in [-0.3, -0.25) is 4.79 Å². The van der Waals surface area contributed by atoms with Crippen molar-refractivity contribution in [3.63, 3.8) is 0 Å². The summed E-state index contributed by atoms with van der Waals surface area (Å²) in [6.45, 7) is 3.64. The van der Waals surface area contributed by atoms with Gasteiger partial charge in [0.2, 0.25) is 0 Å². The standard InChI is InChI=1S/C8H14FNO.H2/c1-3-7(11)6-4-8(2,9)5-10-6;/h6,10H,3-5H2,1-2H3;1H/t6-,8?;/m0./s1. The molecular formula is C8H16FNO. The lowest BCUT2D eigenvalue weighted by atomic mass is 10.0. The maximum atomic E-state index is 13.1. The Kier molecular flexibility index (Phi) is 2.28. The number of alkyl halides is 1. The Labute approximate surface area is 67.6 Å². The maximum Gasteiger partial charge on any atom is 0.149 e. The van der Waals surface area contributed by atoms with E-state index in [9.17, 15) is 9.18 Å². The zero-order chi connectivity index (χ0) is 8.48. The number of halogens is 1. The summed E-state index contributed by atoms with van der Waals surface area (Å²) in [7, 11) is 0. The molecule has 1 rings (SSSR count). The van der Waals surface area contributed by atoms with Crippen molar-refractivity contribution in [2.24, 2.45) is 0 Å². The monoisotopic (exact) mass is 161 g/mol. The fourth-order valence-corrected chi connectivity index (χ4v) is 1.38. The van der Waals surface area contributed by atoms with E-state index in [0.717, 1.165) is 0 Å². The van der Waals surface area contributed by atoms with Crippen molar-refractivity contribution < 1.29 is 10.6 Å². The molecule has 1 saturated heterocycles. The van der Waals surface area contributed by atoms with Gasteiger partial charge in [0.25, 0.3) is 0 Å². The molecule has 0 amide bonds. The second-order valence-corrected chi connectivity index (χ2v) is 3.37. The number of nitrogens with one attached hydrogen (secondary N) is 1. The first-order chi connectivity index (χ1) is 5.05. The average Bonchev–Trinajstić information content (AvgIpc) is 2.29. The van der Waals surface area contributed by atoms with E-state index in [2.05, 4.69) is 5.32 Å². The van der Waals surface area contributed by atoms with Crippen LogP contribution in [0.1, 0.15) is 28.1 Å². The zero-order valence-corrected chi connectivity index (χ0v) is 6.98. The SMILES string of the molecule is CCC(=O)[C@@H]1CC(C)(F)CN1.[HH]. The second-order valence-electron chi connectivity index (χ2n) is 3.37. The lowest BCUT2D eigenvalue weighted by molar-refractivity contribution is -0.120. The average molecular weight is 161 g/mol. The van der Waals surface area contributed by atoms with Crippen LogP contribution < -0.4 is 5.32 Å². The van der Waals surface area contributed by atoms with E-state index in [-0.39, 0.29) is 13.3 Å². The second kappa shape index (κ2) is 2.89. The summed E-state index contributed by atoms with van der Waals surface area (Å²) in [5, 5.41) is 2.87. The third kappa shape index (κ3) is 1.99. The van der Waals surface area contributed by atoms with Gasteiger partial charge in [0.05, 0.1) is 6.04 Å². The molecule has 1 heterocycles. The van der Waals surface area contributed by atoms with Gasteiger partial charge in [-0.15, -0.1) is 0 Å². The minimum Gasteiger partial charge on any atom is -0.304 e. The van der Waals surface area contributed by atoms with Gasteiger partial charge >= 0.3 is 0 Å². The van der Waals surface area contributed by atoms with Gasteiger partial charge in [-0.1, -0.05) is 6.92 Å². The van der Waals surface area contributed by atoms with Gasteiger partial charge < -0.3 is 5.32 Å². The number of ketones is 1. The Balaban J connectivity index is 0.00000121. The minimum atomic E-state index is -1.19. The fourth-order valence-electron chi connectivity index (χ4n) is 1.38. The quantitative estimate of drug-likeness (QED) is 0.661. The topological polar surface area (TPSA) is 29.1 Å². The van der Waals surface area contributed by atoms with Crippen molar-refractivity contribution in [1.82, 2.24) is 5.32 Å². The van der Waals surface area contributed by atoms with E-state index in [4.69, 9.17) is 0 Å². The van der Waals surface area contributed by atoms with Crippen molar-refractivity contribution in [2.45, 2.75) is 38.4 Å². The van der Waals surface area contributed by atoms with Gasteiger partial charge in [-0.2, -0.15) is 0 Å². The first-order valence-corrected chi connectivity index (χ1v) is 4.00. The molecule has 2 atom stereocenters. The van der Waals surface area contributed by atoms with Crippen molar-refractivity contribution in [1.29, 1.82) is 0 Å². The van der Waals surface area contributed by atoms with Crippen LogP contribution in [0.25, 0.3) is 0 Å². The third-order valence-corrected chi connectivity index (χ3v) is 2.08. The third-order valence-electron chi connectivity index (χ3n) is 2.08. The first kappa shape index (κ1) is 8.65. The zero-order valence-electron chi connectivity index (χ0n) is 6.98. The van der Waals surface area contributed by atoms with Crippen LogP contribution >= 0.6 is 0 Å². The van der Waals surface area contributed by atoms with Crippen LogP contribution in [0.3, 0.4) is 0 Å². The molecule has 0 radical (unpaired) electrons. The summed E-state index contributed by atoms with van der Waals surface area (Å²) >= 11 is 0. The van der Waals surface area contributed by atoms with Crippen molar-refractivity contribution >= 4 is 5.78 Å². The highest BCUT2D eigenvalue weighted by molar-refractivity contribution is 5.84. The number of hydrogen-bond acceptors (Lipinski definition) is 2. The van der Waals surface area contributed by atoms with Crippen LogP contribution in [-0.4, -0.2) is 24.0 Å². The van der Waals surface area contributed by atoms with Crippen LogP contribution in [0.2, 0.25) is 0 Å². The van der Waals surface area contributed by atoms with E-state index >= 15 is 0 Å². The predicted octanol–water partition coefficient (Wildman–Crippen LogP) is 1.30. The number of carbonyl (C=O) groups is 1. The molecule has 2 nitrogen and oxygen atoms in total. The minimum absolute atomic E-state index is 0. The summed E-state index contributed by atoms with van der Waals surface area (Å²) in [6, 6.07) is -0.241. The molecule has 0 aliphatic carbocycles. The Hall–Kier alpha value is -0.440. The molecule has 1 unspecified atom stereocenters. The van der Waals surface area contributed by atoms with Crippen molar-refractivity contribution in [3.8, 4) is 0 Å². The van der Waals surface area contributed by atoms with Crippen molar-refractivity contribution in [3.05, 3.63) is 0 Å². The Bertz CT molecular complexity index is 172. The van der Waals surface area contributed by atoms with Crippen LogP contribution in [0.5, 0.6) is 0 Å². The Morgan fingerprint density at radius 2 is 2.55 bits per heavy atom. The van der Waals surface area contributed by atoms with Crippen LogP contribution in [-0.2, 0) is 4.79 Å². The summed E-state index contributed by atoms with van der Waals surface area (Å²) in [6.07, 6.45) is 0.827. The smallest absolute Gasteiger partial charge is 0.149 e. The molecule has 0 aromatic heterocycles. The highest BCUT2D eigenvalue weighted by atomic mass is 19.1. The molecule has 0 spiro atoms. The van der Waals surface area contributed by atoms with Gasteiger partial charge in [-0.05, 0) is 6.92 Å². The van der Waals surface area contributed by atoms with E-state index < -0.39 is 5.67 Å². The van der Waals surface area contributed by atoms with Gasteiger partial charge in [0.15, 0.2) is 0 Å². The lowest BCUT2D eigenvalue weighted by Crippen LogP contribution is -2.29. The summed E-state index contributed by atoms with van der Waals surface area (Å²) in [5.41, 5.74) is -1.19. The van der Waals surface area contributed by atoms with Crippen LogP contribution in [0.4, 0.5) is 4.39 Å². The molecule has 3 heteroatoms. The van der Waals surface area contributed by atoms with E-state index in [0.29, 0.717) is 19.4 Å². The predicted molar refractivity (Wildman–Crippen MR) is 43.3 cm³/mol. The molecule has 1 aliphatic heterocycles. The molecular weight excluding hydrogens is 145 g/mol. The number of rotatable bonds is 2. The summed E-state index contributed by atoms with van der Waals surface area (Å²) < 4.78 is 13.1. The lowest BCUT2D eigenvalue weighted by Gasteiger charge is -2.09. The number of hydrogen-bond donors (Lipinski definition) is 1. The first-order valence-electron chi connectivity index (χ1n) is 4.00. The summed E-state index contributed by atoms with van der Waals surface area (Å²) in [5.74, 6) is 0.117. The van der Waals surface area contributed by atoms with E-state index in [1.165, 1.54) is 6.92 Å². The maximum absolute atomic E-state index is 13.1. The molecule has 0 aromatic rings. The van der Waals surface area contributed by atoms with Crippen LogP contribution in [0, 0.1) is 0 Å². The molecule has 0 bridgehead atoms. The molecule has 1 N–H and O–H groups in total. The molecule has 1 aliphatic rings. The fraction of sp³-hybridized carbons (Fsp3) is 0.875. The molecule has 0 aromatic carbocycles. The highest BCUT2D eigenvalue weighted by Gasteiger charge is 2.37.